The number of halogens is 2. The first-order chi connectivity index (χ1) is 11.9. The fourth-order valence-electron chi connectivity index (χ4n) is 2.64. The molecule has 3 atom stereocenters. The van der Waals surface area contributed by atoms with Crippen molar-refractivity contribution in [2.24, 2.45) is 17.3 Å². The maximum Gasteiger partial charge on any atom is 0.312 e. The lowest BCUT2D eigenvalue weighted by molar-refractivity contribution is -0.147. The van der Waals surface area contributed by atoms with E-state index in [1.165, 1.54) is 0 Å². The number of carbonyl (C=O) groups is 1. The maximum absolute atomic E-state index is 12.3. The van der Waals surface area contributed by atoms with Crippen LogP contribution < -0.4 is 4.74 Å². The third-order valence-electron chi connectivity index (χ3n) is 4.14. The molecule has 5 heteroatoms. The zero-order chi connectivity index (χ0) is 18.4. The number of hydrogen-bond acceptors (Lipinski definition) is 3. The van der Waals surface area contributed by atoms with E-state index in [1.54, 1.807) is 6.08 Å². The fourth-order valence-corrected chi connectivity index (χ4v) is 2.91. The Bertz CT molecular complexity index is 747. The van der Waals surface area contributed by atoms with Crippen LogP contribution >= 0.6 is 23.2 Å². The van der Waals surface area contributed by atoms with Gasteiger partial charge in [-0.2, -0.15) is 0 Å². The summed E-state index contributed by atoms with van der Waals surface area (Å²) in [5.74, 6) is 7.74. The summed E-state index contributed by atoms with van der Waals surface area (Å²) in [6.45, 7) is 4.05. The van der Waals surface area contributed by atoms with E-state index in [1.807, 2.05) is 44.2 Å². The second-order valence-corrected chi connectivity index (χ2v) is 7.20. The summed E-state index contributed by atoms with van der Waals surface area (Å²) in [4.78, 5) is 12.3. The molecule has 1 aliphatic carbocycles. The van der Waals surface area contributed by atoms with Crippen molar-refractivity contribution in [2.75, 3.05) is 6.61 Å². The minimum Gasteiger partial charge on any atom is -0.481 e. The van der Waals surface area contributed by atoms with Crippen LogP contribution in [0.4, 0.5) is 0 Å². The van der Waals surface area contributed by atoms with Crippen molar-refractivity contribution in [3.63, 3.8) is 0 Å². The van der Waals surface area contributed by atoms with Gasteiger partial charge in [0.2, 0.25) is 6.10 Å². The van der Waals surface area contributed by atoms with Gasteiger partial charge in [-0.3, -0.25) is 4.79 Å². The van der Waals surface area contributed by atoms with Gasteiger partial charge in [0.25, 0.3) is 0 Å². The number of terminal acetylenes is 1. The SMILES string of the molecule is C#CC(C#CCOc1ccccc1)OC(=O)C1C(C=C(Cl)Cl)C1(C)C. The van der Waals surface area contributed by atoms with Gasteiger partial charge in [0, 0.05) is 0 Å². The zero-order valence-corrected chi connectivity index (χ0v) is 15.5. The molecule has 3 nitrogen and oxygen atoms in total. The Labute approximate surface area is 158 Å². The largest absolute Gasteiger partial charge is 0.481 e. The van der Waals surface area contributed by atoms with Gasteiger partial charge in [0.15, 0.2) is 0 Å². The average Bonchev–Trinajstić information content (AvgIpc) is 3.10. The van der Waals surface area contributed by atoms with Gasteiger partial charge in [-0.25, -0.2) is 0 Å². The number of ether oxygens (including phenoxy) is 2. The van der Waals surface area contributed by atoms with E-state index in [0.717, 1.165) is 0 Å². The Hall–Kier alpha value is -2.07. The van der Waals surface area contributed by atoms with E-state index in [4.69, 9.17) is 39.1 Å². The third kappa shape index (κ3) is 5.20. The normalized spacial score (nSPS) is 20.9. The molecule has 0 aliphatic heterocycles. The van der Waals surface area contributed by atoms with Crippen LogP contribution in [-0.4, -0.2) is 18.7 Å². The third-order valence-corrected chi connectivity index (χ3v) is 4.39. The van der Waals surface area contributed by atoms with Crippen molar-refractivity contribution in [2.45, 2.75) is 20.0 Å². The summed E-state index contributed by atoms with van der Waals surface area (Å²) >= 11 is 11.4. The van der Waals surface area contributed by atoms with Gasteiger partial charge < -0.3 is 9.47 Å². The van der Waals surface area contributed by atoms with Crippen LogP contribution in [0, 0.1) is 41.4 Å². The number of benzene rings is 1. The lowest BCUT2D eigenvalue weighted by atomic mass is 10.1. The highest BCUT2D eigenvalue weighted by molar-refractivity contribution is 6.55. The Balaban J connectivity index is 1.88. The molecule has 1 saturated carbocycles. The lowest BCUT2D eigenvalue weighted by Gasteiger charge is -2.07. The molecular weight excluding hydrogens is 359 g/mol. The van der Waals surface area contributed by atoms with Gasteiger partial charge in [-0.05, 0) is 41.4 Å². The molecule has 0 bridgehead atoms. The van der Waals surface area contributed by atoms with E-state index in [0.29, 0.717) is 5.75 Å². The number of hydrogen-bond donors (Lipinski definition) is 0. The predicted octanol–water partition coefficient (Wildman–Crippen LogP) is 4.21. The minimum absolute atomic E-state index is 0.0715. The molecular formula is C20H18Cl2O3. The van der Waals surface area contributed by atoms with Crippen LogP contribution in [0.5, 0.6) is 5.75 Å². The summed E-state index contributed by atoms with van der Waals surface area (Å²) in [6, 6.07) is 9.27. The second kappa shape index (κ2) is 8.34. The van der Waals surface area contributed by atoms with Gasteiger partial charge in [0.05, 0.1) is 5.92 Å². The first-order valence-corrected chi connectivity index (χ1v) is 8.47. The molecule has 130 valence electrons. The summed E-state index contributed by atoms with van der Waals surface area (Å²) in [7, 11) is 0. The summed E-state index contributed by atoms with van der Waals surface area (Å²) in [6.07, 6.45) is 6.13. The summed E-state index contributed by atoms with van der Waals surface area (Å²) in [5, 5.41) is 0. The van der Waals surface area contributed by atoms with Crippen LogP contribution in [0.25, 0.3) is 0 Å². The van der Waals surface area contributed by atoms with Crippen molar-refractivity contribution in [3.8, 4) is 29.9 Å². The molecule has 0 heterocycles. The number of carbonyl (C=O) groups excluding carboxylic acids is 1. The molecule has 1 fully saturated rings. The highest BCUT2D eigenvalue weighted by Crippen LogP contribution is 2.60. The van der Waals surface area contributed by atoms with Crippen molar-refractivity contribution in [1.29, 1.82) is 0 Å². The standard InChI is InChI=1S/C20H18Cl2O3/c1-4-14(11-8-12-24-15-9-6-5-7-10-15)25-19(23)18-16(13-17(21)22)20(18,2)3/h1,5-7,9-10,13-14,16,18H,12H2,2-3H3. The zero-order valence-electron chi connectivity index (χ0n) is 14.0. The molecule has 0 radical (unpaired) electrons. The summed E-state index contributed by atoms with van der Waals surface area (Å²) < 4.78 is 10.9. The van der Waals surface area contributed by atoms with Crippen LogP contribution in [0.2, 0.25) is 0 Å². The van der Waals surface area contributed by atoms with E-state index in [9.17, 15) is 4.79 Å². The van der Waals surface area contributed by atoms with Gasteiger partial charge in [-0.15, -0.1) is 6.42 Å². The Morgan fingerprint density at radius 1 is 1.36 bits per heavy atom. The highest BCUT2D eigenvalue weighted by atomic mass is 35.5. The van der Waals surface area contributed by atoms with Crippen LogP contribution in [0.3, 0.4) is 0 Å². The smallest absolute Gasteiger partial charge is 0.312 e. The molecule has 1 aromatic carbocycles. The van der Waals surface area contributed by atoms with Gasteiger partial charge in [0.1, 0.15) is 16.8 Å². The highest BCUT2D eigenvalue weighted by Gasteiger charge is 2.61. The number of rotatable bonds is 5. The maximum atomic E-state index is 12.3. The quantitative estimate of drug-likeness (QED) is 0.570. The van der Waals surface area contributed by atoms with Crippen molar-refractivity contribution < 1.29 is 14.3 Å². The first kappa shape index (κ1) is 19.3. The molecule has 0 N–H and O–H groups in total. The van der Waals surface area contributed by atoms with Crippen LogP contribution in [-0.2, 0) is 9.53 Å². The first-order valence-electron chi connectivity index (χ1n) is 7.72. The van der Waals surface area contributed by atoms with Gasteiger partial charge >= 0.3 is 5.97 Å². The van der Waals surface area contributed by atoms with Crippen molar-refractivity contribution >= 4 is 29.2 Å². The van der Waals surface area contributed by atoms with E-state index in [-0.39, 0.29) is 28.3 Å². The molecule has 0 amide bonds. The van der Waals surface area contributed by atoms with Crippen LogP contribution in [0.1, 0.15) is 13.8 Å². The molecule has 2 rings (SSSR count). The van der Waals surface area contributed by atoms with Crippen molar-refractivity contribution in [3.05, 3.63) is 40.9 Å². The van der Waals surface area contributed by atoms with Gasteiger partial charge in [-0.1, -0.05) is 61.2 Å². The molecule has 25 heavy (non-hydrogen) atoms. The predicted molar refractivity (Wildman–Crippen MR) is 99.0 cm³/mol. The number of para-hydroxylation sites is 1. The van der Waals surface area contributed by atoms with E-state index >= 15 is 0 Å². The van der Waals surface area contributed by atoms with E-state index in [2.05, 4.69) is 17.8 Å². The molecule has 1 aromatic rings. The average molecular weight is 377 g/mol. The topological polar surface area (TPSA) is 35.5 Å². The molecule has 1 aliphatic rings. The molecule has 0 saturated heterocycles. The minimum atomic E-state index is -0.917. The Morgan fingerprint density at radius 2 is 2.04 bits per heavy atom. The molecule has 0 aromatic heterocycles. The molecule has 3 unspecified atom stereocenters. The Kier molecular flexibility index (Phi) is 6.43. The lowest BCUT2D eigenvalue weighted by Crippen LogP contribution is -2.18. The summed E-state index contributed by atoms with van der Waals surface area (Å²) in [5.41, 5.74) is -0.269. The van der Waals surface area contributed by atoms with Crippen LogP contribution in [0.15, 0.2) is 40.9 Å². The second-order valence-electron chi connectivity index (χ2n) is 6.19. The monoisotopic (exact) mass is 376 g/mol. The fraction of sp³-hybridized carbons (Fsp3) is 0.350. The Morgan fingerprint density at radius 3 is 2.64 bits per heavy atom. The number of esters is 1. The van der Waals surface area contributed by atoms with Crippen molar-refractivity contribution in [1.82, 2.24) is 0 Å². The molecule has 0 spiro atoms. The van der Waals surface area contributed by atoms with E-state index < -0.39 is 12.1 Å². The number of allylic oxidation sites excluding steroid dienone is 1.